The second kappa shape index (κ2) is 5.31. The molecular formula is C15H16N2S2. The van der Waals surface area contributed by atoms with Gasteiger partial charge in [-0.1, -0.05) is 30.4 Å². The molecule has 1 N–H and O–H groups in total. The van der Waals surface area contributed by atoms with Crippen LogP contribution in [0.25, 0.3) is 10.2 Å². The van der Waals surface area contributed by atoms with E-state index in [0.29, 0.717) is 6.04 Å². The van der Waals surface area contributed by atoms with Gasteiger partial charge in [-0.3, -0.25) is 0 Å². The Morgan fingerprint density at radius 3 is 2.95 bits per heavy atom. The Hall–Kier alpha value is -1.39. The van der Waals surface area contributed by atoms with Crippen molar-refractivity contribution in [3.63, 3.8) is 0 Å². The van der Waals surface area contributed by atoms with Gasteiger partial charge in [0.15, 0.2) is 5.13 Å². The zero-order valence-electron chi connectivity index (χ0n) is 11.0. The highest BCUT2D eigenvalue weighted by atomic mass is 32.1. The molecule has 0 radical (unpaired) electrons. The van der Waals surface area contributed by atoms with E-state index in [2.05, 4.69) is 59.9 Å². The molecule has 0 aliphatic heterocycles. The van der Waals surface area contributed by atoms with Crippen LogP contribution in [0.4, 0.5) is 5.13 Å². The minimum atomic E-state index is 0.363. The minimum absolute atomic E-state index is 0.363. The molecule has 1 atom stereocenters. The number of nitrogens with zero attached hydrogens (tertiary/aromatic N) is 1. The van der Waals surface area contributed by atoms with E-state index in [-0.39, 0.29) is 0 Å². The van der Waals surface area contributed by atoms with E-state index in [1.807, 2.05) is 0 Å². The molecule has 0 saturated carbocycles. The summed E-state index contributed by atoms with van der Waals surface area (Å²) in [6, 6.07) is 11.1. The fraction of sp³-hybridized carbons (Fsp3) is 0.267. The molecule has 2 heterocycles. The summed E-state index contributed by atoms with van der Waals surface area (Å²) in [7, 11) is 0. The van der Waals surface area contributed by atoms with Crippen LogP contribution < -0.4 is 5.32 Å². The fourth-order valence-electron chi connectivity index (χ4n) is 2.11. The molecule has 0 bridgehead atoms. The van der Waals surface area contributed by atoms with Crippen molar-refractivity contribution < 1.29 is 0 Å². The van der Waals surface area contributed by atoms with Gasteiger partial charge in [0.25, 0.3) is 0 Å². The molecule has 19 heavy (non-hydrogen) atoms. The van der Waals surface area contributed by atoms with Crippen LogP contribution in [0.1, 0.15) is 29.8 Å². The lowest BCUT2D eigenvalue weighted by atomic mass is 10.2. The second-order valence-electron chi connectivity index (χ2n) is 4.61. The van der Waals surface area contributed by atoms with Crippen LogP contribution in [-0.4, -0.2) is 4.98 Å². The van der Waals surface area contributed by atoms with Crippen LogP contribution in [0.2, 0.25) is 0 Å². The molecule has 1 unspecified atom stereocenters. The molecule has 2 aromatic heterocycles. The third kappa shape index (κ3) is 2.65. The molecule has 4 heteroatoms. The number of benzene rings is 1. The van der Waals surface area contributed by atoms with Crippen molar-refractivity contribution in [2.45, 2.75) is 26.3 Å². The van der Waals surface area contributed by atoms with Gasteiger partial charge in [-0.2, -0.15) is 0 Å². The van der Waals surface area contributed by atoms with Gasteiger partial charge in [0, 0.05) is 4.88 Å². The fourth-order valence-corrected chi connectivity index (χ4v) is 3.98. The quantitative estimate of drug-likeness (QED) is 0.711. The van der Waals surface area contributed by atoms with E-state index in [1.54, 1.807) is 22.7 Å². The lowest BCUT2D eigenvalue weighted by Gasteiger charge is -2.13. The molecule has 1 aromatic carbocycles. The van der Waals surface area contributed by atoms with Crippen LogP contribution in [0.3, 0.4) is 0 Å². The predicted octanol–water partition coefficient (Wildman–Crippen LogP) is 5.23. The van der Waals surface area contributed by atoms with Crippen molar-refractivity contribution in [2.75, 3.05) is 5.32 Å². The Morgan fingerprint density at radius 1 is 1.32 bits per heavy atom. The lowest BCUT2D eigenvalue weighted by molar-refractivity contribution is 0.763. The topological polar surface area (TPSA) is 24.9 Å². The highest BCUT2D eigenvalue weighted by molar-refractivity contribution is 7.22. The Labute approximate surface area is 121 Å². The number of aromatic nitrogens is 1. The largest absolute Gasteiger partial charge is 0.354 e. The lowest BCUT2D eigenvalue weighted by Crippen LogP contribution is -2.07. The Bertz CT molecular complexity index is 671. The maximum Gasteiger partial charge on any atom is 0.184 e. The Morgan fingerprint density at radius 2 is 2.21 bits per heavy atom. The molecule has 2 nitrogen and oxygen atoms in total. The number of anilines is 1. The molecule has 98 valence electrons. The van der Waals surface area contributed by atoms with Crippen molar-refractivity contribution in [3.05, 3.63) is 46.2 Å². The molecule has 0 aliphatic rings. The van der Waals surface area contributed by atoms with Gasteiger partial charge in [-0.25, -0.2) is 4.98 Å². The monoisotopic (exact) mass is 288 g/mol. The Kier molecular flexibility index (Phi) is 3.53. The number of aryl methyl sites for hydroxylation is 1. The number of nitrogens with one attached hydrogen (secondary N) is 1. The maximum atomic E-state index is 4.66. The van der Waals surface area contributed by atoms with Gasteiger partial charge in [-0.05, 0) is 42.5 Å². The van der Waals surface area contributed by atoms with Gasteiger partial charge in [0.05, 0.1) is 16.3 Å². The summed E-state index contributed by atoms with van der Waals surface area (Å²) < 4.78 is 1.25. The van der Waals surface area contributed by atoms with Gasteiger partial charge < -0.3 is 5.32 Å². The van der Waals surface area contributed by atoms with Crippen molar-refractivity contribution >= 4 is 38.0 Å². The average Bonchev–Trinajstić information content (AvgIpc) is 3.04. The number of hydrogen-bond acceptors (Lipinski definition) is 4. The van der Waals surface area contributed by atoms with Gasteiger partial charge in [-0.15, -0.1) is 11.3 Å². The van der Waals surface area contributed by atoms with Crippen LogP contribution >= 0.6 is 22.7 Å². The number of thiazole rings is 1. The van der Waals surface area contributed by atoms with Crippen molar-refractivity contribution in [1.29, 1.82) is 0 Å². The van der Waals surface area contributed by atoms with Crippen LogP contribution in [-0.2, 0) is 0 Å². The summed E-state index contributed by atoms with van der Waals surface area (Å²) in [5, 5.41) is 6.70. The summed E-state index contributed by atoms with van der Waals surface area (Å²) in [6.07, 6.45) is 1.06. The van der Waals surface area contributed by atoms with Crippen molar-refractivity contribution in [3.8, 4) is 0 Å². The summed E-state index contributed by atoms with van der Waals surface area (Å²) in [4.78, 5) is 6.04. The van der Waals surface area contributed by atoms with E-state index in [1.165, 1.54) is 15.1 Å². The van der Waals surface area contributed by atoms with Gasteiger partial charge in [0.1, 0.15) is 0 Å². The van der Waals surface area contributed by atoms with E-state index in [0.717, 1.165) is 17.1 Å². The minimum Gasteiger partial charge on any atom is -0.354 e. The molecular weight excluding hydrogens is 272 g/mol. The Balaban J connectivity index is 1.88. The van der Waals surface area contributed by atoms with Crippen LogP contribution in [0, 0.1) is 6.92 Å². The van der Waals surface area contributed by atoms with E-state index >= 15 is 0 Å². The molecule has 0 saturated heterocycles. The van der Waals surface area contributed by atoms with E-state index in [4.69, 9.17) is 0 Å². The highest BCUT2D eigenvalue weighted by Crippen LogP contribution is 2.31. The SMILES string of the molecule is CCC(Nc1nc2ccc(C)cc2s1)c1cccs1. The second-order valence-corrected chi connectivity index (χ2v) is 6.62. The van der Waals surface area contributed by atoms with E-state index in [9.17, 15) is 0 Å². The summed E-state index contributed by atoms with van der Waals surface area (Å²) in [5.74, 6) is 0. The molecule has 3 aromatic rings. The molecule has 0 aliphatic carbocycles. The summed E-state index contributed by atoms with van der Waals surface area (Å²) in [6.45, 7) is 4.32. The first-order valence-electron chi connectivity index (χ1n) is 6.43. The smallest absolute Gasteiger partial charge is 0.184 e. The van der Waals surface area contributed by atoms with Gasteiger partial charge >= 0.3 is 0 Å². The highest BCUT2D eigenvalue weighted by Gasteiger charge is 2.12. The standard InChI is InChI=1S/C15H16N2S2/c1-3-11(13-5-4-8-18-13)16-15-17-12-7-6-10(2)9-14(12)19-15/h4-9,11H,3H2,1-2H3,(H,16,17). The number of thiophene rings is 1. The molecule has 0 spiro atoms. The van der Waals surface area contributed by atoms with Crippen molar-refractivity contribution in [2.24, 2.45) is 0 Å². The predicted molar refractivity (Wildman–Crippen MR) is 85.3 cm³/mol. The third-order valence-corrected chi connectivity index (χ3v) is 5.07. The zero-order chi connectivity index (χ0) is 13.2. The van der Waals surface area contributed by atoms with Gasteiger partial charge in [0.2, 0.25) is 0 Å². The summed E-state index contributed by atoms with van der Waals surface area (Å²) in [5.41, 5.74) is 2.37. The van der Waals surface area contributed by atoms with Crippen LogP contribution in [0.15, 0.2) is 35.7 Å². The van der Waals surface area contributed by atoms with Crippen LogP contribution in [0.5, 0.6) is 0 Å². The normalized spacial score (nSPS) is 12.7. The maximum absolute atomic E-state index is 4.66. The van der Waals surface area contributed by atoms with E-state index < -0.39 is 0 Å². The number of fused-ring (bicyclic) bond motifs is 1. The third-order valence-electron chi connectivity index (χ3n) is 3.14. The molecule has 3 rings (SSSR count). The number of hydrogen-bond donors (Lipinski definition) is 1. The first-order valence-corrected chi connectivity index (χ1v) is 8.13. The number of rotatable bonds is 4. The molecule has 0 amide bonds. The van der Waals surface area contributed by atoms with Crippen molar-refractivity contribution in [1.82, 2.24) is 4.98 Å². The molecule has 0 fully saturated rings. The summed E-state index contributed by atoms with van der Waals surface area (Å²) >= 11 is 3.53. The average molecular weight is 288 g/mol. The first-order chi connectivity index (χ1) is 9.26. The zero-order valence-corrected chi connectivity index (χ0v) is 12.6. The first kappa shape index (κ1) is 12.6.